The average molecular weight is 284 g/mol. The third-order valence-corrected chi connectivity index (χ3v) is 6.07. The van der Waals surface area contributed by atoms with Crippen molar-refractivity contribution in [2.45, 2.75) is 51.7 Å². The minimum absolute atomic E-state index is 0.00976. The van der Waals surface area contributed by atoms with E-state index in [0.29, 0.717) is 12.0 Å². The Balaban J connectivity index is 1.61. The quantitative estimate of drug-likeness (QED) is 0.731. The van der Waals surface area contributed by atoms with Gasteiger partial charge in [0.05, 0.1) is 12.0 Å². The summed E-state index contributed by atoms with van der Waals surface area (Å²) in [6.07, 6.45) is 4.58. The third-order valence-electron chi connectivity index (χ3n) is 5.02. The second-order valence-electron chi connectivity index (χ2n) is 6.66. The van der Waals surface area contributed by atoms with Crippen molar-refractivity contribution < 1.29 is 14.3 Å². The normalized spacial score (nSPS) is 38.1. The smallest absolute Gasteiger partial charge is 0.309 e. The van der Waals surface area contributed by atoms with Crippen molar-refractivity contribution in [1.29, 1.82) is 0 Å². The minimum atomic E-state index is -0.00976. The van der Waals surface area contributed by atoms with Gasteiger partial charge in [0.1, 0.15) is 6.10 Å². The molecular weight excluding hydrogens is 260 g/mol. The van der Waals surface area contributed by atoms with Crippen LogP contribution in [0.25, 0.3) is 0 Å². The Morgan fingerprint density at radius 1 is 1.26 bits per heavy atom. The Morgan fingerprint density at radius 3 is 2.74 bits per heavy atom. The lowest BCUT2D eigenvalue weighted by Gasteiger charge is -2.58. The van der Waals surface area contributed by atoms with E-state index in [0.717, 1.165) is 43.8 Å². The Labute approximate surface area is 119 Å². The van der Waals surface area contributed by atoms with E-state index in [-0.39, 0.29) is 23.4 Å². The molecule has 2 aliphatic heterocycles. The van der Waals surface area contributed by atoms with Crippen LogP contribution in [0.4, 0.5) is 0 Å². The highest BCUT2D eigenvalue weighted by atomic mass is 32.2. The Hall–Kier alpha value is -0.220. The number of ether oxygens (including phenoxy) is 2. The van der Waals surface area contributed by atoms with E-state index in [9.17, 15) is 4.79 Å². The maximum absolute atomic E-state index is 12.3. The molecule has 3 fully saturated rings. The van der Waals surface area contributed by atoms with Gasteiger partial charge in [-0.3, -0.25) is 4.79 Å². The molecule has 1 aliphatic carbocycles. The van der Waals surface area contributed by atoms with E-state index < -0.39 is 0 Å². The number of hydrogen-bond donors (Lipinski definition) is 0. The summed E-state index contributed by atoms with van der Waals surface area (Å²) in [6.45, 7) is 5.22. The molecule has 19 heavy (non-hydrogen) atoms. The second kappa shape index (κ2) is 5.28. The van der Waals surface area contributed by atoms with Gasteiger partial charge in [-0.25, -0.2) is 0 Å². The van der Waals surface area contributed by atoms with E-state index in [1.165, 1.54) is 0 Å². The first kappa shape index (κ1) is 13.7. The molecule has 0 N–H and O–H groups in total. The average Bonchev–Trinajstić information content (AvgIpc) is 2.45. The lowest BCUT2D eigenvalue weighted by Crippen LogP contribution is -2.65. The molecule has 0 aromatic heterocycles. The van der Waals surface area contributed by atoms with Crippen LogP contribution in [-0.4, -0.2) is 36.3 Å². The maximum Gasteiger partial charge on any atom is 0.309 e. The van der Waals surface area contributed by atoms with Crippen molar-refractivity contribution in [2.75, 3.05) is 18.1 Å². The molecule has 3 aliphatic rings. The lowest BCUT2D eigenvalue weighted by atomic mass is 9.56. The molecule has 2 saturated heterocycles. The van der Waals surface area contributed by atoms with Crippen LogP contribution >= 0.6 is 11.8 Å². The summed E-state index contributed by atoms with van der Waals surface area (Å²) in [5, 5.41) is 0. The van der Waals surface area contributed by atoms with Gasteiger partial charge < -0.3 is 9.47 Å². The molecule has 4 heteroatoms. The highest BCUT2D eigenvalue weighted by molar-refractivity contribution is 7.99. The first-order valence-corrected chi connectivity index (χ1v) is 8.66. The van der Waals surface area contributed by atoms with Gasteiger partial charge >= 0.3 is 5.97 Å². The zero-order valence-corrected chi connectivity index (χ0v) is 12.7. The molecule has 0 radical (unpaired) electrons. The molecule has 2 heterocycles. The fourth-order valence-corrected chi connectivity index (χ4v) is 4.98. The van der Waals surface area contributed by atoms with Crippen molar-refractivity contribution in [3.05, 3.63) is 0 Å². The largest absolute Gasteiger partial charge is 0.461 e. The molecule has 3 atom stereocenters. The predicted molar refractivity (Wildman–Crippen MR) is 76.2 cm³/mol. The summed E-state index contributed by atoms with van der Waals surface area (Å²) in [6, 6.07) is 0. The van der Waals surface area contributed by atoms with Gasteiger partial charge in [0.2, 0.25) is 0 Å². The van der Waals surface area contributed by atoms with Gasteiger partial charge in [0, 0.05) is 17.9 Å². The number of thioether (sulfide) groups is 1. The number of rotatable bonds is 2. The molecular formula is C15H24O3S. The van der Waals surface area contributed by atoms with Crippen LogP contribution in [0.1, 0.15) is 39.5 Å². The number of esters is 1. The highest BCUT2D eigenvalue weighted by Crippen LogP contribution is 2.53. The Morgan fingerprint density at radius 2 is 2.00 bits per heavy atom. The summed E-state index contributed by atoms with van der Waals surface area (Å²) in [4.78, 5) is 12.3. The molecule has 0 spiro atoms. The summed E-state index contributed by atoms with van der Waals surface area (Å²) >= 11 is 1.94. The molecule has 0 bridgehead atoms. The van der Waals surface area contributed by atoms with Crippen LogP contribution in [0.2, 0.25) is 0 Å². The Kier molecular flexibility index (Phi) is 3.82. The van der Waals surface area contributed by atoms with E-state index in [1.54, 1.807) is 0 Å². The number of carbonyl (C=O) groups is 1. The molecule has 0 unspecified atom stereocenters. The summed E-state index contributed by atoms with van der Waals surface area (Å²) in [5.41, 5.74) is -0.00976. The SMILES string of the molecule is CC1(C)[C@@H]2OCCC[C@@H]2[C@@H]1OC(=O)C1CCSCC1. The van der Waals surface area contributed by atoms with Crippen molar-refractivity contribution in [3.8, 4) is 0 Å². The van der Waals surface area contributed by atoms with Gasteiger partial charge in [-0.05, 0) is 37.2 Å². The predicted octanol–water partition coefficient (Wildman–Crippen LogP) is 2.88. The Bertz CT molecular complexity index is 349. The van der Waals surface area contributed by atoms with Crippen LogP contribution in [0.5, 0.6) is 0 Å². The van der Waals surface area contributed by atoms with Crippen molar-refractivity contribution in [3.63, 3.8) is 0 Å². The van der Waals surface area contributed by atoms with E-state index >= 15 is 0 Å². The van der Waals surface area contributed by atoms with Crippen LogP contribution in [0.3, 0.4) is 0 Å². The third kappa shape index (κ3) is 2.42. The van der Waals surface area contributed by atoms with Crippen LogP contribution in [0.15, 0.2) is 0 Å². The van der Waals surface area contributed by atoms with E-state index in [4.69, 9.17) is 9.47 Å². The van der Waals surface area contributed by atoms with Crippen LogP contribution in [-0.2, 0) is 14.3 Å². The zero-order valence-electron chi connectivity index (χ0n) is 11.9. The first-order chi connectivity index (χ1) is 9.10. The standard InChI is InChI=1S/C15H24O3S/c1-15(2)12-11(4-3-7-17-12)13(15)18-14(16)10-5-8-19-9-6-10/h10-13H,3-9H2,1-2H3/t11-,12+,13-/m0/s1. The fraction of sp³-hybridized carbons (Fsp3) is 0.933. The summed E-state index contributed by atoms with van der Waals surface area (Å²) in [7, 11) is 0. The fourth-order valence-electron chi connectivity index (χ4n) is 3.87. The highest BCUT2D eigenvalue weighted by Gasteiger charge is 2.60. The number of fused-ring (bicyclic) bond motifs is 1. The molecule has 3 nitrogen and oxygen atoms in total. The number of hydrogen-bond acceptors (Lipinski definition) is 4. The second-order valence-corrected chi connectivity index (χ2v) is 7.89. The molecule has 0 aromatic carbocycles. The molecule has 108 valence electrons. The van der Waals surface area contributed by atoms with Crippen molar-refractivity contribution >= 4 is 17.7 Å². The van der Waals surface area contributed by atoms with Crippen molar-refractivity contribution in [1.82, 2.24) is 0 Å². The van der Waals surface area contributed by atoms with E-state index in [1.807, 2.05) is 11.8 Å². The van der Waals surface area contributed by atoms with E-state index in [2.05, 4.69) is 13.8 Å². The maximum atomic E-state index is 12.3. The molecule has 1 saturated carbocycles. The van der Waals surface area contributed by atoms with Crippen LogP contribution < -0.4 is 0 Å². The van der Waals surface area contributed by atoms with Gasteiger partial charge in [-0.2, -0.15) is 11.8 Å². The van der Waals surface area contributed by atoms with Gasteiger partial charge in [-0.15, -0.1) is 0 Å². The lowest BCUT2D eigenvalue weighted by molar-refractivity contribution is -0.256. The number of carbonyl (C=O) groups excluding carboxylic acids is 1. The zero-order chi connectivity index (χ0) is 13.5. The van der Waals surface area contributed by atoms with Gasteiger partial charge in [-0.1, -0.05) is 13.8 Å². The monoisotopic (exact) mass is 284 g/mol. The van der Waals surface area contributed by atoms with Gasteiger partial charge in [0.25, 0.3) is 0 Å². The molecule has 3 rings (SSSR count). The molecule has 0 aromatic rings. The summed E-state index contributed by atoms with van der Waals surface area (Å²) in [5.74, 6) is 2.82. The van der Waals surface area contributed by atoms with Gasteiger partial charge in [0.15, 0.2) is 0 Å². The minimum Gasteiger partial charge on any atom is -0.461 e. The van der Waals surface area contributed by atoms with Crippen molar-refractivity contribution in [2.24, 2.45) is 17.3 Å². The topological polar surface area (TPSA) is 35.5 Å². The van der Waals surface area contributed by atoms with Crippen LogP contribution in [0, 0.1) is 17.3 Å². The molecule has 0 amide bonds. The summed E-state index contributed by atoms with van der Waals surface area (Å²) < 4.78 is 11.7. The first-order valence-electron chi connectivity index (χ1n) is 7.50.